The summed E-state index contributed by atoms with van der Waals surface area (Å²) in [6.07, 6.45) is 0. The van der Waals surface area contributed by atoms with Crippen LogP contribution in [0.2, 0.25) is 0 Å². The number of anilines is 1. The number of hydrogen-bond donors (Lipinski definition) is 2. The summed E-state index contributed by atoms with van der Waals surface area (Å²) in [6.45, 7) is 5.83. The number of methoxy groups -OCH3 is 1. The van der Waals surface area contributed by atoms with Crippen molar-refractivity contribution < 1.29 is 14.3 Å². The van der Waals surface area contributed by atoms with Gasteiger partial charge in [0.1, 0.15) is 5.75 Å². The summed E-state index contributed by atoms with van der Waals surface area (Å²) in [5.74, 6) is 1.15. The minimum atomic E-state index is -0.361. The van der Waals surface area contributed by atoms with Crippen molar-refractivity contribution in [3.8, 4) is 5.75 Å². The van der Waals surface area contributed by atoms with E-state index in [2.05, 4.69) is 26.9 Å². The van der Waals surface area contributed by atoms with Crippen LogP contribution in [-0.4, -0.2) is 39.4 Å². The second-order valence-corrected chi connectivity index (χ2v) is 8.48. The third-order valence-electron chi connectivity index (χ3n) is 4.79. The van der Waals surface area contributed by atoms with Gasteiger partial charge in [-0.25, -0.2) is 0 Å². The average molecular weight is 454 g/mol. The largest absolute Gasteiger partial charge is 0.497 e. The fourth-order valence-corrected chi connectivity index (χ4v) is 4.01. The molecule has 32 heavy (non-hydrogen) atoms. The Labute approximate surface area is 191 Å². The van der Waals surface area contributed by atoms with Crippen molar-refractivity contribution >= 4 is 29.3 Å². The Morgan fingerprint density at radius 3 is 2.38 bits per heavy atom. The summed E-state index contributed by atoms with van der Waals surface area (Å²) in [6, 6.07) is 12.4. The van der Waals surface area contributed by atoms with Crippen LogP contribution in [0.1, 0.15) is 40.3 Å². The number of benzene rings is 2. The van der Waals surface area contributed by atoms with Crippen molar-refractivity contribution in [3.05, 3.63) is 65.0 Å². The van der Waals surface area contributed by atoms with Gasteiger partial charge >= 0.3 is 0 Å². The zero-order valence-corrected chi connectivity index (χ0v) is 19.6. The first kappa shape index (κ1) is 23.3. The first-order valence-electron chi connectivity index (χ1n) is 10.1. The number of amides is 2. The number of rotatable bonds is 8. The summed E-state index contributed by atoms with van der Waals surface area (Å²) >= 11 is 1.29. The van der Waals surface area contributed by atoms with Gasteiger partial charge < -0.3 is 19.9 Å². The van der Waals surface area contributed by atoms with E-state index in [0.29, 0.717) is 22.3 Å². The fraction of sp³-hybridized carbons (Fsp3) is 0.304. The number of thioether (sulfide) groups is 1. The van der Waals surface area contributed by atoms with Crippen LogP contribution in [0.15, 0.2) is 47.6 Å². The molecule has 0 radical (unpaired) electrons. The molecule has 168 valence electrons. The summed E-state index contributed by atoms with van der Waals surface area (Å²) in [4.78, 5) is 24.9. The van der Waals surface area contributed by atoms with Crippen LogP contribution in [-0.2, 0) is 11.8 Å². The van der Waals surface area contributed by atoms with Gasteiger partial charge in [-0.3, -0.25) is 9.59 Å². The van der Waals surface area contributed by atoms with Crippen LogP contribution in [0, 0.1) is 13.8 Å². The van der Waals surface area contributed by atoms with E-state index in [4.69, 9.17) is 4.74 Å². The molecule has 2 amide bonds. The molecule has 1 heterocycles. The highest BCUT2D eigenvalue weighted by molar-refractivity contribution is 7.99. The van der Waals surface area contributed by atoms with E-state index in [9.17, 15) is 9.59 Å². The Morgan fingerprint density at radius 2 is 1.75 bits per heavy atom. The zero-order chi connectivity index (χ0) is 23.3. The highest BCUT2D eigenvalue weighted by atomic mass is 32.2. The van der Waals surface area contributed by atoms with Crippen molar-refractivity contribution in [1.29, 1.82) is 0 Å². The standard InChI is InChI=1S/C23H27N5O3S/c1-14-10-15(2)12-18(11-14)25-20(29)13-32-23-27-26-21(28(23)4)16(3)24-22(30)17-6-8-19(31-5)9-7-17/h6-12,16H,13H2,1-5H3,(H,24,30)(H,25,29). The van der Waals surface area contributed by atoms with Gasteiger partial charge in [0.2, 0.25) is 5.91 Å². The van der Waals surface area contributed by atoms with Gasteiger partial charge in [-0.05, 0) is 68.3 Å². The van der Waals surface area contributed by atoms with Crippen LogP contribution < -0.4 is 15.4 Å². The molecule has 2 aromatic carbocycles. The van der Waals surface area contributed by atoms with Gasteiger partial charge in [0, 0.05) is 18.3 Å². The first-order valence-corrected chi connectivity index (χ1v) is 11.1. The summed E-state index contributed by atoms with van der Waals surface area (Å²) in [7, 11) is 3.39. The molecule has 8 nitrogen and oxygen atoms in total. The lowest BCUT2D eigenvalue weighted by molar-refractivity contribution is -0.113. The molecule has 0 aliphatic carbocycles. The average Bonchev–Trinajstić information content (AvgIpc) is 3.12. The lowest BCUT2D eigenvalue weighted by atomic mass is 10.1. The first-order chi connectivity index (χ1) is 15.3. The van der Waals surface area contributed by atoms with E-state index in [1.165, 1.54) is 11.8 Å². The number of aromatic nitrogens is 3. The minimum Gasteiger partial charge on any atom is -0.497 e. The molecule has 3 aromatic rings. The van der Waals surface area contributed by atoms with Crippen molar-refractivity contribution in [3.63, 3.8) is 0 Å². The molecular weight excluding hydrogens is 426 g/mol. The third-order valence-corrected chi connectivity index (χ3v) is 5.81. The van der Waals surface area contributed by atoms with Crippen LogP contribution >= 0.6 is 11.8 Å². The molecule has 0 bridgehead atoms. The lowest BCUT2D eigenvalue weighted by Gasteiger charge is -2.14. The van der Waals surface area contributed by atoms with Crippen molar-refractivity contribution in [2.24, 2.45) is 7.05 Å². The van der Waals surface area contributed by atoms with E-state index < -0.39 is 0 Å². The number of nitrogens with one attached hydrogen (secondary N) is 2. The van der Waals surface area contributed by atoms with Crippen LogP contribution in [0.3, 0.4) is 0 Å². The molecule has 0 saturated heterocycles. The maximum absolute atomic E-state index is 12.5. The van der Waals surface area contributed by atoms with Crippen LogP contribution in [0.4, 0.5) is 5.69 Å². The maximum atomic E-state index is 12.5. The molecule has 1 unspecified atom stereocenters. The second-order valence-electron chi connectivity index (χ2n) is 7.54. The predicted molar refractivity (Wildman–Crippen MR) is 125 cm³/mol. The number of nitrogens with zero attached hydrogens (tertiary/aromatic N) is 3. The Kier molecular flexibility index (Phi) is 7.53. The van der Waals surface area contributed by atoms with E-state index in [1.807, 2.05) is 40.0 Å². The fourth-order valence-electron chi connectivity index (χ4n) is 3.29. The molecule has 1 aromatic heterocycles. The van der Waals surface area contributed by atoms with Gasteiger partial charge in [0.15, 0.2) is 11.0 Å². The Hall–Kier alpha value is -3.33. The smallest absolute Gasteiger partial charge is 0.251 e. The molecule has 0 saturated carbocycles. The van der Waals surface area contributed by atoms with Crippen LogP contribution in [0.5, 0.6) is 5.75 Å². The SMILES string of the molecule is COc1ccc(C(=O)NC(C)c2nnc(SCC(=O)Nc3cc(C)cc(C)c3)n2C)cc1. The summed E-state index contributed by atoms with van der Waals surface area (Å²) in [5, 5.41) is 14.8. The minimum absolute atomic E-state index is 0.120. The summed E-state index contributed by atoms with van der Waals surface area (Å²) < 4.78 is 6.90. The molecule has 0 aliphatic heterocycles. The topological polar surface area (TPSA) is 98.1 Å². The molecular formula is C23H27N5O3S. The number of carbonyl (C=O) groups is 2. The van der Waals surface area contributed by atoms with Crippen molar-refractivity contribution in [2.45, 2.75) is 32.0 Å². The zero-order valence-electron chi connectivity index (χ0n) is 18.8. The normalized spacial score (nSPS) is 11.7. The van der Waals surface area contributed by atoms with Crippen molar-refractivity contribution in [1.82, 2.24) is 20.1 Å². The van der Waals surface area contributed by atoms with Gasteiger partial charge in [0.25, 0.3) is 5.91 Å². The molecule has 1 atom stereocenters. The van der Waals surface area contributed by atoms with E-state index in [1.54, 1.807) is 35.9 Å². The predicted octanol–water partition coefficient (Wildman–Crippen LogP) is 3.66. The Bertz CT molecular complexity index is 1090. The lowest BCUT2D eigenvalue weighted by Crippen LogP contribution is -2.28. The van der Waals surface area contributed by atoms with Gasteiger partial charge in [-0.15, -0.1) is 10.2 Å². The molecule has 0 spiro atoms. The third kappa shape index (κ3) is 5.88. The molecule has 9 heteroatoms. The highest BCUT2D eigenvalue weighted by Crippen LogP contribution is 2.21. The van der Waals surface area contributed by atoms with Crippen molar-refractivity contribution in [2.75, 3.05) is 18.2 Å². The molecule has 0 aliphatic rings. The number of hydrogen-bond acceptors (Lipinski definition) is 6. The number of carbonyl (C=O) groups excluding carboxylic acids is 2. The van der Waals surface area contributed by atoms with Gasteiger partial charge in [-0.1, -0.05) is 17.8 Å². The summed E-state index contributed by atoms with van der Waals surface area (Å²) in [5.41, 5.74) is 3.49. The number of ether oxygens (including phenoxy) is 1. The molecule has 3 rings (SSSR count). The number of aryl methyl sites for hydroxylation is 2. The monoisotopic (exact) mass is 453 g/mol. The Morgan fingerprint density at radius 1 is 1.09 bits per heavy atom. The Balaban J connectivity index is 1.57. The highest BCUT2D eigenvalue weighted by Gasteiger charge is 2.19. The van der Waals surface area contributed by atoms with Crippen LogP contribution in [0.25, 0.3) is 0 Å². The second kappa shape index (κ2) is 10.3. The van der Waals surface area contributed by atoms with E-state index in [-0.39, 0.29) is 23.6 Å². The van der Waals surface area contributed by atoms with Gasteiger partial charge in [-0.2, -0.15) is 0 Å². The van der Waals surface area contributed by atoms with Gasteiger partial charge in [0.05, 0.1) is 18.9 Å². The molecule has 0 fully saturated rings. The molecule has 2 N–H and O–H groups in total. The van der Waals surface area contributed by atoms with E-state index in [0.717, 1.165) is 16.8 Å². The maximum Gasteiger partial charge on any atom is 0.251 e. The quantitative estimate of drug-likeness (QED) is 0.505. The van der Waals surface area contributed by atoms with E-state index >= 15 is 0 Å².